The van der Waals surface area contributed by atoms with Gasteiger partial charge in [-0.1, -0.05) is 18.2 Å². The number of hydrogen-bond donors (Lipinski definition) is 3. The Hall–Kier alpha value is -3.82. The molecular weight excluding hydrogens is 449 g/mol. The van der Waals surface area contributed by atoms with E-state index in [0.717, 1.165) is 12.1 Å². The summed E-state index contributed by atoms with van der Waals surface area (Å²) in [5.41, 5.74) is -0.409. The molecule has 3 N–H and O–H groups in total. The van der Waals surface area contributed by atoms with Crippen molar-refractivity contribution in [3.05, 3.63) is 71.2 Å². The van der Waals surface area contributed by atoms with Gasteiger partial charge < -0.3 is 20.7 Å². The zero-order valence-electron chi connectivity index (χ0n) is 18.1. The Bertz CT molecular complexity index is 1290. The van der Waals surface area contributed by atoms with Gasteiger partial charge in [0.15, 0.2) is 0 Å². The number of pyridine rings is 1. The standard InChI is InChI=1S/C24H21F3N4O3/c1-34-13-9-16(26)19(17(27)10-13)14-11-28-22(32)21(14)30-23(33)31-24(7-8-24)18-6-5-12-3-2-4-15(25)20(12)29-18/h2-6,9-10,14,21H,7-8,11H2,1H3,(H,28,32)(H2,30,31,33)/t14-,21-/m0/s1. The summed E-state index contributed by atoms with van der Waals surface area (Å²) in [6.45, 7) is -0.0411. The van der Waals surface area contributed by atoms with Gasteiger partial charge in [-0.2, -0.15) is 0 Å². The number of methoxy groups -OCH3 is 1. The molecule has 10 heteroatoms. The fraction of sp³-hybridized carbons (Fsp3) is 0.292. The van der Waals surface area contributed by atoms with Crippen LogP contribution in [0.5, 0.6) is 5.75 Å². The van der Waals surface area contributed by atoms with Gasteiger partial charge in [0.25, 0.3) is 0 Å². The van der Waals surface area contributed by atoms with Crippen LogP contribution in [0.25, 0.3) is 10.9 Å². The molecule has 2 fully saturated rings. The Morgan fingerprint density at radius 3 is 2.53 bits per heavy atom. The van der Waals surface area contributed by atoms with Crippen LogP contribution in [0, 0.1) is 17.5 Å². The second-order valence-electron chi connectivity index (χ2n) is 8.52. The average molecular weight is 470 g/mol. The largest absolute Gasteiger partial charge is 0.497 e. The maximum absolute atomic E-state index is 14.6. The summed E-state index contributed by atoms with van der Waals surface area (Å²) in [7, 11) is 1.29. The number of ether oxygens (including phenoxy) is 1. The number of urea groups is 1. The lowest BCUT2D eigenvalue weighted by Gasteiger charge is -2.23. The maximum Gasteiger partial charge on any atom is 0.316 e. The number of benzene rings is 2. The first kappa shape index (κ1) is 22.0. The molecule has 3 amide bonds. The van der Waals surface area contributed by atoms with Crippen LogP contribution in [0.3, 0.4) is 0 Å². The van der Waals surface area contributed by atoms with Crippen molar-refractivity contribution in [1.82, 2.24) is 20.9 Å². The van der Waals surface area contributed by atoms with E-state index in [-0.39, 0.29) is 23.4 Å². The number of aromatic nitrogens is 1. The van der Waals surface area contributed by atoms with Crippen molar-refractivity contribution < 1.29 is 27.5 Å². The van der Waals surface area contributed by atoms with E-state index < -0.39 is 46.9 Å². The highest BCUT2D eigenvalue weighted by molar-refractivity contribution is 5.90. The van der Waals surface area contributed by atoms with Gasteiger partial charge in [-0.3, -0.25) is 4.79 Å². The minimum absolute atomic E-state index is 0.00767. The van der Waals surface area contributed by atoms with Gasteiger partial charge in [-0.15, -0.1) is 0 Å². The number of para-hydroxylation sites is 1. The van der Waals surface area contributed by atoms with Crippen LogP contribution in [0.15, 0.2) is 42.5 Å². The molecule has 1 aromatic heterocycles. The van der Waals surface area contributed by atoms with Gasteiger partial charge >= 0.3 is 6.03 Å². The van der Waals surface area contributed by atoms with E-state index in [4.69, 9.17) is 4.74 Å². The molecule has 0 bridgehead atoms. The molecule has 34 heavy (non-hydrogen) atoms. The van der Waals surface area contributed by atoms with Crippen molar-refractivity contribution in [1.29, 1.82) is 0 Å². The first-order valence-corrected chi connectivity index (χ1v) is 10.8. The Morgan fingerprint density at radius 1 is 1.12 bits per heavy atom. The van der Waals surface area contributed by atoms with Gasteiger partial charge in [-0.05, 0) is 25.0 Å². The first-order chi connectivity index (χ1) is 16.3. The number of halogens is 3. The average Bonchev–Trinajstić information content (AvgIpc) is 3.51. The Labute approximate surface area is 192 Å². The second kappa shape index (κ2) is 8.19. The van der Waals surface area contributed by atoms with Crippen molar-refractivity contribution in [3.8, 4) is 5.75 Å². The molecule has 0 unspecified atom stereocenters. The summed E-state index contributed by atoms with van der Waals surface area (Å²) in [6.07, 6.45) is 1.16. The van der Waals surface area contributed by atoms with Gasteiger partial charge in [0.05, 0.1) is 18.3 Å². The molecule has 2 aromatic carbocycles. The number of amides is 3. The van der Waals surface area contributed by atoms with Crippen molar-refractivity contribution in [2.24, 2.45) is 0 Å². The molecule has 176 valence electrons. The van der Waals surface area contributed by atoms with E-state index in [1.54, 1.807) is 24.3 Å². The number of carbonyl (C=O) groups is 2. The van der Waals surface area contributed by atoms with E-state index in [1.807, 2.05) is 0 Å². The van der Waals surface area contributed by atoms with Crippen LogP contribution < -0.4 is 20.7 Å². The molecular formula is C24H21F3N4O3. The summed E-state index contributed by atoms with van der Waals surface area (Å²) in [5, 5.41) is 8.54. The molecule has 1 saturated heterocycles. The number of fused-ring (bicyclic) bond motifs is 1. The lowest BCUT2D eigenvalue weighted by atomic mass is 9.93. The molecule has 1 saturated carbocycles. The second-order valence-corrected chi connectivity index (χ2v) is 8.52. The number of carbonyl (C=O) groups excluding carboxylic acids is 2. The van der Waals surface area contributed by atoms with Crippen LogP contribution in [0.4, 0.5) is 18.0 Å². The topological polar surface area (TPSA) is 92.4 Å². The maximum atomic E-state index is 14.6. The quantitative estimate of drug-likeness (QED) is 0.534. The fourth-order valence-corrected chi connectivity index (χ4v) is 4.43. The number of nitrogens with zero attached hydrogens (tertiary/aromatic N) is 1. The third kappa shape index (κ3) is 3.78. The third-order valence-corrected chi connectivity index (χ3v) is 6.39. The van der Waals surface area contributed by atoms with Crippen LogP contribution >= 0.6 is 0 Å². The van der Waals surface area contributed by atoms with Crippen LogP contribution in [0.1, 0.15) is 30.0 Å². The molecule has 2 atom stereocenters. The molecule has 3 aromatic rings. The molecule has 1 aliphatic carbocycles. The van der Waals surface area contributed by atoms with Gasteiger partial charge in [-0.25, -0.2) is 22.9 Å². The van der Waals surface area contributed by atoms with Gasteiger partial charge in [0, 0.05) is 35.5 Å². The fourth-order valence-electron chi connectivity index (χ4n) is 4.43. The van der Waals surface area contributed by atoms with E-state index >= 15 is 0 Å². The normalized spacial score (nSPS) is 20.6. The number of hydrogen-bond acceptors (Lipinski definition) is 4. The third-order valence-electron chi connectivity index (χ3n) is 6.39. The van der Waals surface area contributed by atoms with Crippen LogP contribution in [0.2, 0.25) is 0 Å². The predicted octanol–water partition coefficient (Wildman–Crippen LogP) is 3.23. The Kier molecular flexibility index (Phi) is 5.30. The van der Waals surface area contributed by atoms with Gasteiger partial charge in [0.1, 0.15) is 34.8 Å². The minimum Gasteiger partial charge on any atom is -0.497 e. The highest BCUT2D eigenvalue weighted by Crippen LogP contribution is 2.45. The summed E-state index contributed by atoms with van der Waals surface area (Å²) in [6, 6.07) is 8.29. The molecule has 0 spiro atoms. The minimum atomic E-state index is -1.18. The smallest absolute Gasteiger partial charge is 0.316 e. The van der Waals surface area contributed by atoms with E-state index in [1.165, 1.54) is 13.2 Å². The zero-order valence-corrected chi connectivity index (χ0v) is 18.1. The molecule has 1 aliphatic heterocycles. The summed E-state index contributed by atoms with van der Waals surface area (Å²) in [4.78, 5) is 29.6. The van der Waals surface area contributed by atoms with E-state index in [0.29, 0.717) is 23.9 Å². The highest BCUT2D eigenvalue weighted by Gasteiger charge is 2.48. The van der Waals surface area contributed by atoms with Crippen molar-refractivity contribution in [3.63, 3.8) is 0 Å². The Balaban J connectivity index is 1.36. The van der Waals surface area contributed by atoms with Crippen LogP contribution in [-0.2, 0) is 10.3 Å². The summed E-state index contributed by atoms with van der Waals surface area (Å²) < 4.78 is 48.3. The van der Waals surface area contributed by atoms with Crippen molar-refractivity contribution in [2.75, 3.05) is 13.7 Å². The van der Waals surface area contributed by atoms with Crippen molar-refractivity contribution >= 4 is 22.8 Å². The van der Waals surface area contributed by atoms with Crippen molar-refractivity contribution in [2.45, 2.75) is 30.3 Å². The Morgan fingerprint density at radius 2 is 1.85 bits per heavy atom. The van der Waals surface area contributed by atoms with E-state index in [2.05, 4.69) is 20.9 Å². The predicted molar refractivity (Wildman–Crippen MR) is 117 cm³/mol. The highest BCUT2D eigenvalue weighted by atomic mass is 19.1. The lowest BCUT2D eigenvalue weighted by Crippen LogP contribution is -2.50. The SMILES string of the molecule is COc1cc(F)c([C@@H]2CNC(=O)[C@H]2NC(=O)NC2(c3ccc4cccc(F)c4n3)CC2)c(F)c1. The number of rotatable bonds is 5. The van der Waals surface area contributed by atoms with Crippen LogP contribution in [-0.4, -0.2) is 36.6 Å². The first-order valence-electron chi connectivity index (χ1n) is 10.8. The number of nitrogens with one attached hydrogen (secondary N) is 3. The zero-order chi connectivity index (χ0) is 24.0. The molecule has 2 heterocycles. The summed E-state index contributed by atoms with van der Waals surface area (Å²) in [5.74, 6) is -3.70. The lowest BCUT2D eigenvalue weighted by molar-refractivity contribution is -0.120. The van der Waals surface area contributed by atoms with Gasteiger partial charge in [0.2, 0.25) is 5.91 Å². The molecule has 2 aliphatic rings. The monoisotopic (exact) mass is 470 g/mol. The summed E-state index contributed by atoms with van der Waals surface area (Å²) >= 11 is 0. The molecule has 0 radical (unpaired) electrons. The molecule has 5 rings (SSSR count). The van der Waals surface area contributed by atoms with E-state index in [9.17, 15) is 22.8 Å². The molecule has 7 nitrogen and oxygen atoms in total.